The molecule has 1 aliphatic heterocycles. The van der Waals surface area contributed by atoms with Gasteiger partial charge in [-0.15, -0.1) is 0 Å². The SMILES string of the molecule is CC1CC(n2cc(-c3cnc4ncc(Cc5ccc6ncccc6c5)n4n3)cn2)CCN1C(=O)O. The minimum Gasteiger partial charge on any atom is -0.465 e. The first-order valence-electron chi connectivity index (χ1n) is 11.6. The Hall–Kier alpha value is -4.34. The van der Waals surface area contributed by atoms with Crippen LogP contribution in [0.2, 0.25) is 0 Å². The van der Waals surface area contributed by atoms with Gasteiger partial charge in [-0.1, -0.05) is 12.1 Å². The number of piperidine rings is 1. The average molecular weight is 469 g/mol. The van der Waals surface area contributed by atoms with Crippen LogP contribution in [-0.4, -0.2) is 63.0 Å². The molecule has 2 atom stereocenters. The van der Waals surface area contributed by atoms with Gasteiger partial charge in [0.2, 0.25) is 0 Å². The number of fused-ring (bicyclic) bond motifs is 2. The van der Waals surface area contributed by atoms with Crippen LogP contribution >= 0.6 is 0 Å². The summed E-state index contributed by atoms with van der Waals surface area (Å²) in [6.45, 7) is 2.45. The average Bonchev–Trinajstić information content (AvgIpc) is 3.51. The van der Waals surface area contributed by atoms with Gasteiger partial charge in [0, 0.05) is 42.4 Å². The number of carbonyl (C=O) groups is 1. The summed E-state index contributed by atoms with van der Waals surface area (Å²) in [7, 11) is 0. The monoisotopic (exact) mass is 468 g/mol. The number of hydrogen-bond donors (Lipinski definition) is 1. The van der Waals surface area contributed by atoms with E-state index >= 15 is 0 Å². The van der Waals surface area contributed by atoms with E-state index in [0.717, 1.165) is 40.6 Å². The van der Waals surface area contributed by atoms with Gasteiger partial charge in [-0.3, -0.25) is 9.67 Å². The highest BCUT2D eigenvalue weighted by Gasteiger charge is 2.30. The molecule has 176 valence electrons. The third kappa shape index (κ3) is 3.96. The Morgan fingerprint density at radius 2 is 2.03 bits per heavy atom. The lowest BCUT2D eigenvalue weighted by molar-refractivity contribution is 0.0955. The third-order valence-electron chi connectivity index (χ3n) is 6.72. The molecule has 0 radical (unpaired) electrons. The Morgan fingerprint density at radius 3 is 2.89 bits per heavy atom. The quantitative estimate of drug-likeness (QED) is 0.426. The molecule has 0 aliphatic carbocycles. The minimum absolute atomic E-state index is 0.0468. The van der Waals surface area contributed by atoms with E-state index in [0.29, 0.717) is 24.4 Å². The molecule has 0 spiro atoms. The molecule has 5 aromatic rings. The number of aromatic nitrogens is 7. The summed E-state index contributed by atoms with van der Waals surface area (Å²) in [5.74, 6) is 0.550. The van der Waals surface area contributed by atoms with Crippen molar-refractivity contribution in [2.75, 3.05) is 6.54 Å². The number of benzene rings is 1. The van der Waals surface area contributed by atoms with Crippen molar-refractivity contribution in [3.63, 3.8) is 0 Å². The second kappa shape index (κ2) is 8.46. The van der Waals surface area contributed by atoms with Gasteiger partial charge >= 0.3 is 6.09 Å². The number of hydrogen-bond acceptors (Lipinski definition) is 6. The fourth-order valence-electron chi connectivity index (χ4n) is 4.86. The van der Waals surface area contributed by atoms with Gasteiger partial charge < -0.3 is 10.0 Å². The van der Waals surface area contributed by atoms with Gasteiger partial charge in [-0.25, -0.2) is 19.3 Å². The predicted molar refractivity (Wildman–Crippen MR) is 129 cm³/mol. The van der Waals surface area contributed by atoms with E-state index < -0.39 is 6.09 Å². The van der Waals surface area contributed by atoms with Gasteiger partial charge in [0.05, 0.1) is 35.8 Å². The van der Waals surface area contributed by atoms with Crippen molar-refractivity contribution >= 4 is 22.8 Å². The Balaban J connectivity index is 1.25. The fourth-order valence-corrected chi connectivity index (χ4v) is 4.86. The number of carboxylic acid groups (broad SMARTS) is 1. The molecule has 6 rings (SSSR count). The second-order valence-corrected chi connectivity index (χ2v) is 9.02. The first kappa shape index (κ1) is 21.2. The number of nitrogens with zero attached hydrogens (tertiary/aromatic N) is 8. The second-order valence-electron chi connectivity index (χ2n) is 9.02. The molecular formula is C25H24N8O2. The summed E-state index contributed by atoms with van der Waals surface area (Å²) in [5, 5.41) is 19.8. The van der Waals surface area contributed by atoms with E-state index in [-0.39, 0.29) is 12.1 Å². The van der Waals surface area contributed by atoms with Crippen LogP contribution in [0.5, 0.6) is 0 Å². The minimum atomic E-state index is -0.864. The fraction of sp³-hybridized carbons (Fsp3) is 0.280. The highest BCUT2D eigenvalue weighted by atomic mass is 16.4. The van der Waals surface area contributed by atoms with Crippen LogP contribution in [-0.2, 0) is 6.42 Å². The molecule has 35 heavy (non-hydrogen) atoms. The zero-order chi connectivity index (χ0) is 23.9. The number of likely N-dealkylation sites (tertiary alicyclic amines) is 1. The maximum absolute atomic E-state index is 11.4. The lowest BCUT2D eigenvalue weighted by atomic mass is 9.99. The number of rotatable bonds is 4. The highest BCUT2D eigenvalue weighted by molar-refractivity contribution is 5.79. The summed E-state index contributed by atoms with van der Waals surface area (Å²) in [5.41, 5.74) is 4.64. The van der Waals surface area contributed by atoms with Crippen LogP contribution in [0.3, 0.4) is 0 Å². The Morgan fingerprint density at radius 1 is 1.14 bits per heavy atom. The van der Waals surface area contributed by atoms with Crippen molar-refractivity contribution in [3.05, 3.63) is 72.6 Å². The van der Waals surface area contributed by atoms with Gasteiger partial charge in [-0.05, 0) is 43.5 Å². The molecule has 1 aliphatic rings. The van der Waals surface area contributed by atoms with Crippen LogP contribution in [0, 0.1) is 0 Å². The molecule has 10 nitrogen and oxygen atoms in total. The normalized spacial score (nSPS) is 18.4. The van der Waals surface area contributed by atoms with Crippen LogP contribution < -0.4 is 0 Å². The van der Waals surface area contributed by atoms with Crippen molar-refractivity contribution < 1.29 is 9.90 Å². The Bertz CT molecular complexity index is 1540. The molecule has 1 amide bonds. The largest absolute Gasteiger partial charge is 0.465 e. The zero-order valence-electron chi connectivity index (χ0n) is 19.2. The number of pyridine rings is 1. The van der Waals surface area contributed by atoms with Crippen molar-refractivity contribution in [1.29, 1.82) is 0 Å². The van der Waals surface area contributed by atoms with Crippen molar-refractivity contribution in [2.45, 2.75) is 38.3 Å². The molecule has 5 heterocycles. The van der Waals surface area contributed by atoms with Crippen molar-refractivity contribution in [1.82, 2.24) is 39.2 Å². The number of imidazole rings is 1. The third-order valence-corrected chi connectivity index (χ3v) is 6.72. The Labute approximate surface area is 200 Å². The maximum atomic E-state index is 11.4. The molecule has 4 aromatic heterocycles. The van der Waals surface area contributed by atoms with Crippen LogP contribution in [0.4, 0.5) is 4.79 Å². The first-order chi connectivity index (χ1) is 17.0. The summed E-state index contributed by atoms with van der Waals surface area (Å²) in [6.07, 6.45) is 10.3. The zero-order valence-corrected chi connectivity index (χ0v) is 19.2. The van der Waals surface area contributed by atoms with E-state index in [9.17, 15) is 9.90 Å². The van der Waals surface area contributed by atoms with Gasteiger partial charge in [-0.2, -0.15) is 10.2 Å². The molecule has 1 fully saturated rings. The Kier molecular flexibility index (Phi) is 5.13. The molecule has 1 aromatic carbocycles. The van der Waals surface area contributed by atoms with Crippen molar-refractivity contribution in [2.24, 2.45) is 0 Å². The standard InChI is InChI=1S/C25H24N8O2/c1-16-9-20(6-8-31(16)25(34)35)32-15-19(12-29-32)23-14-28-24-27-13-21(33(24)30-23)11-17-4-5-22-18(10-17)3-2-7-26-22/h2-5,7,10,12-16,20H,6,8-9,11H2,1H3,(H,34,35). The van der Waals surface area contributed by atoms with E-state index in [1.807, 2.05) is 36.1 Å². The molecular weight excluding hydrogens is 444 g/mol. The van der Waals surface area contributed by atoms with E-state index in [1.54, 1.807) is 23.1 Å². The molecule has 2 unspecified atom stereocenters. The van der Waals surface area contributed by atoms with E-state index in [1.165, 1.54) is 4.90 Å². The molecule has 0 bridgehead atoms. The summed E-state index contributed by atoms with van der Waals surface area (Å²) in [6, 6.07) is 10.3. The van der Waals surface area contributed by atoms with Crippen LogP contribution in [0.15, 0.2) is 61.3 Å². The smallest absolute Gasteiger partial charge is 0.407 e. The molecule has 1 N–H and O–H groups in total. The first-order valence-corrected chi connectivity index (χ1v) is 11.6. The summed E-state index contributed by atoms with van der Waals surface area (Å²) in [4.78, 5) is 26.2. The highest BCUT2D eigenvalue weighted by Crippen LogP contribution is 2.28. The lowest BCUT2D eigenvalue weighted by Gasteiger charge is -2.35. The van der Waals surface area contributed by atoms with Crippen LogP contribution in [0.1, 0.15) is 37.1 Å². The maximum Gasteiger partial charge on any atom is 0.407 e. The molecule has 0 saturated carbocycles. The molecule has 1 saturated heterocycles. The lowest BCUT2D eigenvalue weighted by Crippen LogP contribution is -2.44. The van der Waals surface area contributed by atoms with Crippen molar-refractivity contribution in [3.8, 4) is 11.3 Å². The summed E-state index contributed by atoms with van der Waals surface area (Å²) < 4.78 is 3.71. The van der Waals surface area contributed by atoms with Gasteiger partial charge in [0.15, 0.2) is 0 Å². The van der Waals surface area contributed by atoms with E-state index in [2.05, 4.69) is 38.2 Å². The topological polar surface area (TPSA) is 114 Å². The molecule has 10 heteroatoms. The van der Waals surface area contributed by atoms with E-state index in [4.69, 9.17) is 5.10 Å². The van der Waals surface area contributed by atoms with Gasteiger partial charge in [0.1, 0.15) is 5.69 Å². The van der Waals surface area contributed by atoms with Gasteiger partial charge in [0.25, 0.3) is 5.78 Å². The summed E-state index contributed by atoms with van der Waals surface area (Å²) >= 11 is 0. The van der Waals surface area contributed by atoms with Crippen LogP contribution in [0.25, 0.3) is 27.9 Å². The number of amides is 1. The predicted octanol–water partition coefficient (Wildman–Crippen LogP) is 3.83.